The normalized spacial score (nSPS) is 24.5. The van der Waals surface area contributed by atoms with Crippen LogP contribution < -0.4 is 26.9 Å². The maximum atomic E-state index is 12.1. The molecule has 4 N–H and O–H groups in total. The number of hydrazine groups is 1. The zero-order valence-electron chi connectivity index (χ0n) is 13.6. The molecule has 4 rings (SSSR count). The number of fused-ring (bicyclic) bond motifs is 1. The van der Waals surface area contributed by atoms with Crippen LogP contribution in [0.2, 0.25) is 0 Å². The van der Waals surface area contributed by atoms with Crippen molar-refractivity contribution in [2.45, 2.75) is 32.0 Å². The largest absolute Gasteiger partial charge is 0.378 e. The SMILES string of the molecule is CC1=CNC(c2ccc3c(c2)=CNC(N(N)C(=O)C2CC2)C=3)C=N1. The highest BCUT2D eigenvalue weighted by molar-refractivity contribution is 5.81. The minimum absolute atomic E-state index is 0.0157. The van der Waals surface area contributed by atoms with E-state index in [1.807, 2.05) is 31.6 Å². The van der Waals surface area contributed by atoms with E-state index in [1.54, 1.807) is 0 Å². The number of carbonyl (C=O) groups is 1. The van der Waals surface area contributed by atoms with Crippen LogP contribution in [-0.4, -0.2) is 23.3 Å². The Labute approximate surface area is 140 Å². The van der Waals surface area contributed by atoms with Gasteiger partial charge in [0.05, 0.1) is 11.7 Å². The number of aliphatic imine (C=N–C) groups is 1. The number of hydrogen-bond acceptors (Lipinski definition) is 5. The maximum absolute atomic E-state index is 12.1. The standard InChI is InChI=1S/C18H21N5O/c1-11-8-21-16(10-20-11)14-5-4-13-7-17(22-9-15(13)6-14)23(19)18(24)12-2-3-12/h4-10,12,16-17,21-22H,2-3,19H2,1H3. The summed E-state index contributed by atoms with van der Waals surface area (Å²) in [7, 11) is 0. The van der Waals surface area contributed by atoms with Crippen molar-refractivity contribution in [1.29, 1.82) is 0 Å². The van der Waals surface area contributed by atoms with Crippen molar-refractivity contribution in [3.8, 4) is 0 Å². The second-order valence-electron chi connectivity index (χ2n) is 6.54. The highest BCUT2D eigenvalue weighted by Crippen LogP contribution is 2.30. The van der Waals surface area contributed by atoms with Crippen LogP contribution in [0.1, 0.15) is 31.4 Å². The Kier molecular flexibility index (Phi) is 3.61. The Hall–Kier alpha value is -2.60. The number of nitrogens with two attached hydrogens (primary N) is 1. The lowest BCUT2D eigenvalue weighted by Crippen LogP contribution is -2.54. The molecule has 0 radical (unpaired) electrons. The number of hydrogen-bond donors (Lipinski definition) is 3. The summed E-state index contributed by atoms with van der Waals surface area (Å²) in [5, 5.41) is 10.00. The molecule has 1 aromatic rings. The van der Waals surface area contributed by atoms with Crippen LogP contribution in [0.5, 0.6) is 0 Å². The van der Waals surface area contributed by atoms with Crippen LogP contribution in [0.4, 0.5) is 0 Å². The number of carbonyl (C=O) groups excluding carboxylic acids is 1. The monoisotopic (exact) mass is 323 g/mol. The predicted octanol–water partition coefficient (Wildman–Crippen LogP) is -0.177. The van der Waals surface area contributed by atoms with E-state index in [2.05, 4.69) is 33.8 Å². The predicted molar refractivity (Wildman–Crippen MR) is 93.4 cm³/mol. The first-order valence-electron chi connectivity index (χ1n) is 8.25. The zero-order valence-corrected chi connectivity index (χ0v) is 13.6. The summed E-state index contributed by atoms with van der Waals surface area (Å²) < 4.78 is 0. The smallest absolute Gasteiger partial charge is 0.241 e. The second kappa shape index (κ2) is 5.79. The van der Waals surface area contributed by atoms with Crippen LogP contribution in [0.25, 0.3) is 12.3 Å². The number of rotatable bonds is 3. The molecular weight excluding hydrogens is 302 g/mol. The minimum Gasteiger partial charge on any atom is -0.378 e. The topological polar surface area (TPSA) is 82.7 Å². The van der Waals surface area contributed by atoms with Gasteiger partial charge < -0.3 is 10.6 Å². The van der Waals surface area contributed by atoms with Gasteiger partial charge in [0, 0.05) is 24.5 Å². The van der Waals surface area contributed by atoms with E-state index in [0.29, 0.717) is 0 Å². The molecule has 0 spiro atoms. The minimum atomic E-state index is -0.295. The first-order chi connectivity index (χ1) is 11.6. The molecule has 1 aliphatic carbocycles. The van der Waals surface area contributed by atoms with Gasteiger partial charge in [-0.15, -0.1) is 0 Å². The third-order valence-corrected chi connectivity index (χ3v) is 4.60. The van der Waals surface area contributed by atoms with Gasteiger partial charge in [0.1, 0.15) is 6.17 Å². The molecule has 1 fully saturated rings. The summed E-state index contributed by atoms with van der Waals surface area (Å²) in [6.07, 6.45) is 9.35. The molecule has 1 saturated carbocycles. The molecule has 2 aliphatic heterocycles. The van der Waals surface area contributed by atoms with Gasteiger partial charge in [0.15, 0.2) is 0 Å². The van der Waals surface area contributed by atoms with Gasteiger partial charge in [-0.05, 0) is 47.9 Å². The Bertz CT molecular complexity index is 853. The number of nitrogens with zero attached hydrogens (tertiary/aromatic N) is 2. The van der Waals surface area contributed by atoms with Crippen LogP contribution >= 0.6 is 0 Å². The lowest BCUT2D eigenvalue weighted by atomic mass is 10.0. The Morgan fingerprint density at radius 2 is 2.08 bits per heavy atom. The average molecular weight is 323 g/mol. The zero-order chi connectivity index (χ0) is 16.7. The number of allylic oxidation sites excluding steroid dienone is 1. The average Bonchev–Trinajstić information content (AvgIpc) is 3.45. The summed E-state index contributed by atoms with van der Waals surface area (Å²) in [5.74, 6) is 6.11. The van der Waals surface area contributed by atoms with Crippen molar-refractivity contribution in [2.75, 3.05) is 0 Å². The van der Waals surface area contributed by atoms with E-state index in [-0.39, 0.29) is 24.0 Å². The molecule has 2 unspecified atom stereocenters. The van der Waals surface area contributed by atoms with Gasteiger partial charge in [-0.2, -0.15) is 0 Å². The molecule has 6 heteroatoms. The summed E-state index contributed by atoms with van der Waals surface area (Å²) in [6, 6.07) is 6.34. The summed E-state index contributed by atoms with van der Waals surface area (Å²) in [5.41, 5.74) is 2.11. The Morgan fingerprint density at radius 1 is 1.25 bits per heavy atom. The van der Waals surface area contributed by atoms with Crippen molar-refractivity contribution < 1.29 is 4.79 Å². The fourth-order valence-corrected chi connectivity index (χ4v) is 2.96. The number of benzene rings is 1. The molecule has 3 aliphatic rings. The Balaban J connectivity index is 1.57. The van der Waals surface area contributed by atoms with Gasteiger partial charge in [-0.1, -0.05) is 12.1 Å². The van der Waals surface area contributed by atoms with Crippen LogP contribution in [0, 0.1) is 5.92 Å². The summed E-state index contributed by atoms with van der Waals surface area (Å²) in [4.78, 5) is 16.5. The third-order valence-electron chi connectivity index (χ3n) is 4.60. The molecule has 1 aromatic carbocycles. The van der Waals surface area contributed by atoms with Gasteiger partial charge in [-0.3, -0.25) is 14.8 Å². The molecular formula is C18H21N5O. The van der Waals surface area contributed by atoms with Crippen molar-refractivity contribution in [3.63, 3.8) is 0 Å². The lowest BCUT2D eigenvalue weighted by Gasteiger charge is -2.27. The van der Waals surface area contributed by atoms with Crippen molar-refractivity contribution in [2.24, 2.45) is 16.8 Å². The highest BCUT2D eigenvalue weighted by atomic mass is 16.2. The van der Waals surface area contributed by atoms with Crippen LogP contribution in [0.15, 0.2) is 35.1 Å². The quantitative estimate of drug-likeness (QED) is 0.409. The summed E-state index contributed by atoms with van der Waals surface area (Å²) >= 11 is 0. The van der Waals surface area contributed by atoms with E-state index in [9.17, 15) is 4.79 Å². The van der Waals surface area contributed by atoms with E-state index in [4.69, 9.17) is 5.84 Å². The van der Waals surface area contributed by atoms with Crippen LogP contribution in [0.3, 0.4) is 0 Å². The maximum Gasteiger partial charge on any atom is 0.241 e. The van der Waals surface area contributed by atoms with Crippen LogP contribution in [-0.2, 0) is 4.79 Å². The van der Waals surface area contributed by atoms with Crippen molar-refractivity contribution in [1.82, 2.24) is 15.6 Å². The fraction of sp³-hybridized carbons (Fsp3) is 0.333. The van der Waals surface area contributed by atoms with Crippen molar-refractivity contribution >= 4 is 24.4 Å². The van der Waals surface area contributed by atoms with Gasteiger partial charge in [-0.25, -0.2) is 5.84 Å². The van der Waals surface area contributed by atoms with Crippen molar-refractivity contribution in [3.05, 3.63) is 46.1 Å². The van der Waals surface area contributed by atoms with E-state index >= 15 is 0 Å². The van der Waals surface area contributed by atoms with E-state index in [0.717, 1.165) is 34.5 Å². The van der Waals surface area contributed by atoms with E-state index < -0.39 is 0 Å². The number of amides is 1. The first-order valence-corrected chi connectivity index (χ1v) is 8.25. The van der Waals surface area contributed by atoms with Gasteiger partial charge in [0.25, 0.3) is 0 Å². The highest BCUT2D eigenvalue weighted by Gasteiger charge is 2.34. The first kappa shape index (κ1) is 15.0. The fourth-order valence-electron chi connectivity index (χ4n) is 2.96. The molecule has 124 valence electrons. The van der Waals surface area contributed by atoms with E-state index in [1.165, 1.54) is 5.01 Å². The second-order valence-corrected chi connectivity index (χ2v) is 6.54. The molecule has 6 nitrogen and oxygen atoms in total. The van der Waals surface area contributed by atoms with Gasteiger partial charge >= 0.3 is 0 Å². The molecule has 2 atom stereocenters. The molecule has 0 aromatic heterocycles. The molecule has 2 heterocycles. The third kappa shape index (κ3) is 2.80. The molecule has 0 bridgehead atoms. The Morgan fingerprint density at radius 3 is 2.79 bits per heavy atom. The molecule has 1 amide bonds. The summed E-state index contributed by atoms with van der Waals surface area (Å²) in [6.45, 7) is 1.96. The molecule has 0 saturated heterocycles. The molecule has 24 heavy (non-hydrogen) atoms. The lowest BCUT2D eigenvalue weighted by molar-refractivity contribution is -0.134. The number of nitrogens with one attached hydrogen (secondary N) is 2. The van der Waals surface area contributed by atoms with Gasteiger partial charge in [0.2, 0.25) is 5.91 Å².